The lowest BCUT2D eigenvalue weighted by atomic mass is 10.0. The molecule has 25 heavy (non-hydrogen) atoms. The Morgan fingerprint density at radius 1 is 0.640 bits per heavy atom. The van der Waals surface area contributed by atoms with Gasteiger partial charge >= 0.3 is 11.9 Å². The van der Waals surface area contributed by atoms with E-state index < -0.39 is 0 Å². The minimum absolute atomic E-state index is 0.0959. The van der Waals surface area contributed by atoms with Crippen LogP contribution in [-0.4, -0.2) is 31.4 Å². The molecule has 0 N–H and O–H groups in total. The van der Waals surface area contributed by atoms with Gasteiger partial charge in [-0.25, -0.2) is 0 Å². The van der Waals surface area contributed by atoms with Gasteiger partial charge in [0, 0.05) is 18.1 Å². The third-order valence-corrected chi connectivity index (χ3v) is 5.06. The van der Waals surface area contributed by atoms with Crippen molar-refractivity contribution in [2.45, 2.75) is 102 Å². The zero-order valence-electron chi connectivity index (χ0n) is 16.3. The van der Waals surface area contributed by atoms with E-state index in [4.69, 9.17) is 12.6 Å². The SMILES string of the molecule is COC(=O)CCCCCCCCC(S)CCCCCCCC(=O)OC. The number of methoxy groups -OCH3 is 2. The normalized spacial score (nSPS) is 12.0. The molecule has 148 valence electrons. The summed E-state index contributed by atoms with van der Waals surface area (Å²) in [5, 5.41) is 0.523. The van der Waals surface area contributed by atoms with Gasteiger partial charge in [-0.1, -0.05) is 57.8 Å². The number of rotatable bonds is 17. The highest BCUT2D eigenvalue weighted by atomic mass is 32.1. The first-order valence-electron chi connectivity index (χ1n) is 9.91. The maximum absolute atomic E-state index is 11.0. The molecule has 1 unspecified atom stereocenters. The number of unbranched alkanes of at least 4 members (excludes halogenated alkanes) is 9. The van der Waals surface area contributed by atoms with Gasteiger partial charge in [0.25, 0.3) is 0 Å². The fraction of sp³-hybridized carbons (Fsp3) is 0.900. The summed E-state index contributed by atoms with van der Waals surface area (Å²) in [6.45, 7) is 0. The van der Waals surface area contributed by atoms with E-state index in [1.165, 1.54) is 72.0 Å². The van der Waals surface area contributed by atoms with Crippen LogP contribution in [0, 0.1) is 0 Å². The van der Waals surface area contributed by atoms with Crippen LogP contribution < -0.4 is 0 Å². The Bertz CT molecular complexity index is 334. The first-order valence-corrected chi connectivity index (χ1v) is 10.4. The van der Waals surface area contributed by atoms with Crippen LogP contribution in [0.3, 0.4) is 0 Å². The fourth-order valence-corrected chi connectivity index (χ4v) is 3.25. The monoisotopic (exact) mass is 374 g/mol. The van der Waals surface area contributed by atoms with E-state index in [1.54, 1.807) is 0 Å². The molecule has 1 atom stereocenters. The van der Waals surface area contributed by atoms with E-state index in [-0.39, 0.29) is 11.9 Å². The molecule has 0 heterocycles. The second-order valence-corrected chi connectivity index (χ2v) is 7.50. The second kappa shape index (κ2) is 18.1. The van der Waals surface area contributed by atoms with E-state index in [0.717, 1.165) is 25.7 Å². The van der Waals surface area contributed by atoms with Crippen LogP contribution in [-0.2, 0) is 19.1 Å². The topological polar surface area (TPSA) is 52.6 Å². The molecule has 4 nitrogen and oxygen atoms in total. The van der Waals surface area contributed by atoms with Gasteiger partial charge in [-0.05, 0) is 25.7 Å². The van der Waals surface area contributed by atoms with Crippen molar-refractivity contribution < 1.29 is 19.1 Å². The first kappa shape index (κ1) is 24.3. The number of ether oxygens (including phenoxy) is 2. The van der Waals surface area contributed by atoms with Crippen molar-refractivity contribution in [2.75, 3.05) is 14.2 Å². The standard InChI is InChI=1S/C20H38O4S/c1-23-19(21)16-12-8-4-3-6-10-14-18(25)15-11-7-5-9-13-17-20(22)24-2/h18,25H,3-17H2,1-2H3. The van der Waals surface area contributed by atoms with E-state index in [9.17, 15) is 9.59 Å². The van der Waals surface area contributed by atoms with Crippen molar-refractivity contribution in [3.63, 3.8) is 0 Å². The number of hydrogen-bond acceptors (Lipinski definition) is 5. The summed E-state index contributed by atoms with van der Waals surface area (Å²) >= 11 is 4.69. The number of carbonyl (C=O) groups excluding carboxylic acids is 2. The Balaban J connectivity index is 3.24. The highest BCUT2D eigenvalue weighted by Crippen LogP contribution is 2.18. The lowest BCUT2D eigenvalue weighted by molar-refractivity contribution is -0.141. The maximum Gasteiger partial charge on any atom is 0.305 e. The summed E-state index contributed by atoms with van der Waals surface area (Å²) in [5.41, 5.74) is 0. The summed E-state index contributed by atoms with van der Waals surface area (Å²) < 4.78 is 9.26. The largest absolute Gasteiger partial charge is 0.469 e. The summed E-state index contributed by atoms with van der Waals surface area (Å²) in [6, 6.07) is 0. The van der Waals surface area contributed by atoms with Crippen LogP contribution in [0.5, 0.6) is 0 Å². The zero-order valence-corrected chi connectivity index (χ0v) is 17.2. The molecule has 0 aromatic heterocycles. The van der Waals surface area contributed by atoms with E-state index in [1.807, 2.05) is 0 Å². The summed E-state index contributed by atoms with van der Waals surface area (Å²) in [5.74, 6) is -0.194. The summed E-state index contributed by atoms with van der Waals surface area (Å²) in [4.78, 5) is 21.9. The number of thiol groups is 1. The third kappa shape index (κ3) is 17.9. The predicted molar refractivity (Wildman–Crippen MR) is 106 cm³/mol. The maximum atomic E-state index is 11.0. The summed E-state index contributed by atoms with van der Waals surface area (Å²) in [6.07, 6.45) is 16.3. The second-order valence-electron chi connectivity index (χ2n) is 6.77. The Morgan fingerprint density at radius 3 is 1.32 bits per heavy atom. The van der Waals surface area contributed by atoms with Gasteiger partial charge in [0.2, 0.25) is 0 Å². The smallest absolute Gasteiger partial charge is 0.305 e. The molecule has 0 rings (SSSR count). The Hall–Kier alpha value is -0.710. The average Bonchev–Trinajstić information content (AvgIpc) is 2.62. The molecule has 0 aliphatic carbocycles. The van der Waals surface area contributed by atoms with Crippen LogP contribution in [0.15, 0.2) is 0 Å². The van der Waals surface area contributed by atoms with Crippen molar-refractivity contribution in [3.05, 3.63) is 0 Å². The molecule has 0 radical (unpaired) electrons. The lowest BCUT2D eigenvalue weighted by Gasteiger charge is -2.10. The zero-order chi connectivity index (χ0) is 18.8. The van der Waals surface area contributed by atoms with Crippen molar-refractivity contribution in [1.29, 1.82) is 0 Å². The molecular weight excluding hydrogens is 336 g/mol. The molecule has 0 aliphatic rings. The Morgan fingerprint density at radius 2 is 0.960 bits per heavy atom. The first-order chi connectivity index (χ1) is 12.1. The molecule has 0 saturated carbocycles. The molecule has 0 spiro atoms. The van der Waals surface area contributed by atoms with Crippen molar-refractivity contribution in [1.82, 2.24) is 0 Å². The van der Waals surface area contributed by atoms with Gasteiger partial charge in [-0.3, -0.25) is 9.59 Å². The van der Waals surface area contributed by atoms with E-state index in [2.05, 4.69) is 9.47 Å². The number of esters is 2. The molecule has 0 saturated heterocycles. The minimum Gasteiger partial charge on any atom is -0.469 e. The van der Waals surface area contributed by atoms with Crippen LogP contribution in [0.2, 0.25) is 0 Å². The van der Waals surface area contributed by atoms with Gasteiger partial charge in [0.1, 0.15) is 0 Å². The van der Waals surface area contributed by atoms with Crippen molar-refractivity contribution in [2.24, 2.45) is 0 Å². The molecule has 0 fully saturated rings. The minimum atomic E-state index is -0.0983. The summed E-state index contributed by atoms with van der Waals surface area (Å²) in [7, 11) is 2.89. The average molecular weight is 375 g/mol. The van der Waals surface area contributed by atoms with Gasteiger partial charge in [0.05, 0.1) is 14.2 Å². The fourth-order valence-electron chi connectivity index (χ4n) is 2.88. The molecule has 5 heteroatoms. The lowest BCUT2D eigenvalue weighted by Crippen LogP contribution is -2.00. The molecule has 0 aliphatic heterocycles. The van der Waals surface area contributed by atoms with Gasteiger partial charge in [-0.2, -0.15) is 12.6 Å². The third-order valence-electron chi connectivity index (χ3n) is 4.54. The quantitative estimate of drug-likeness (QED) is 0.208. The number of carbonyl (C=O) groups is 2. The highest BCUT2D eigenvalue weighted by molar-refractivity contribution is 7.80. The van der Waals surface area contributed by atoms with E-state index in [0.29, 0.717) is 18.1 Å². The van der Waals surface area contributed by atoms with Gasteiger partial charge < -0.3 is 9.47 Å². The Kier molecular flexibility index (Phi) is 17.6. The molecule has 0 bridgehead atoms. The number of hydrogen-bond donors (Lipinski definition) is 1. The van der Waals surface area contributed by atoms with Crippen LogP contribution in [0.4, 0.5) is 0 Å². The van der Waals surface area contributed by atoms with Crippen molar-refractivity contribution in [3.8, 4) is 0 Å². The predicted octanol–water partition coefficient (Wildman–Crippen LogP) is 5.48. The van der Waals surface area contributed by atoms with Gasteiger partial charge in [-0.15, -0.1) is 0 Å². The van der Waals surface area contributed by atoms with Crippen LogP contribution >= 0.6 is 12.6 Å². The molecule has 0 amide bonds. The van der Waals surface area contributed by atoms with Crippen molar-refractivity contribution >= 4 is 24.6 Å². The Labute approximate surface area is 159 Å². The highest BCUT2D eigenvalue weighted by Gasteiger charge is 2.04. The van der Waals surface area contributed by atoms with Crippen LogP contribution in [0.1, 0.15) is 96.3 Å². The molecule has 0 aromatic rings. The molecule has 0 aromatic carbocycles. The van der Waals surface area contributed by atoms with Gasteiger partial charge in [0.15, 0.2) is 0 Å². The molecular formula is C20H38O4S. The van der Waals surface area contributed by atoms with E-state index >= 15 is 0 Å². The van der Waals surface area contributed by atoms with Crippen LogP contribution in [0.25, 0.3) is 0 Å².